The highest BCUT2D eigenvalue weighted by molar-refractivity contribution is 9.10. The van der Waals surface area contributed by atoms with E-state index in [2.05, 4.69) is 15.9 Å². The van der Waals surface area contributed by atoms with Crippen molar-refractivity contribution in [3.05, 3.63) is 69.9 Å². The summed E-state index contributed by atoms with van der Waals surface area (Å²) in [6, 6.07) is 13.5. The van der Waals surface area contributed by atoms with E-state index in [4.69, 9.17) is 8.92 Å². The largest absolute Gasteiger partial charge is 0.444 e. The van der Waals surface area contributed by atoms with E-state index in [0.717, 1.165) is 9.87 Å². The second-order valence-electron chi connectivity index (χ2n) is 5.71. The average molecular weight is 428 g/mol. The predicted octanol–water partition coefficient (Wildman–Crippen LogP) is 4.05. The number of ether oxygens (including phenoxy) is 1. The second kappa shape index (κ2) is 7.23. The number of carbonyl (C=O) groups excluding carboxylic acids is 1. The SMILES string of the molecule is CC1(c2cc(Br)ccc2F)CO[S@@](=O)N1C(=O)OCc1ccccc1. The molecule has 0 spiro atoms. The van der Waals surface area contributed by atoms with Gasteiger partial charge in [-0.05, 0) is 30.7 Å². The average Bonchev–Trinajstić information content (AvgIpc) is 2.91. The maximum Gasteiger partial charge on any atom is 0.424 e. The van der Waals surface area contributed by atoms with Crippen LogP contribution in [0.2, 0.25) is 0 Å². The molecule has 2 aromatic carbocycles. The molecule has 1 heterocycles. The highest BCUT2D eigenvalue weighted by Gasteiger charge is 2.50. The fraction of sp³-hybridized carbons (Fsp3) is 0.235. The summed E-state index contributed by atoms with van der Waals surface area (Å²) in [6.45, 7) is 1.50. The molecule has 5 nitrogen and oxygen atoms in total. The molecule has 3 rings (SSSR count). The normalized spacial score (nSPS) is 22.8. The maximum absolute atomic E-state index is 14.3. The fourth-order valence-corrected chi connectivity index (χ4v) is 4.03. The lowest BCUT2D eigenvalue weighted by atomic mass is 9.92. The number of hydrogen-bond acceptors (Lipinski definition) is 4. The molecule has 0 aromatic heterocycles. The van der Waals surface area contributed by atoms with Crippen LogP contribution in [0.25, 0.3) is 0 Å². The van der Waals surface area contributed by atoms with Gasteiger partial charge in [-0.1, -0.05) is 46.3 Å². The van der Waals surface area contributed by atoms with Gasteiger partial charge >= 0.3 is 6.09 Å². The zero-order valence-electron chi connectivity index (χ0n) is 13.3. The minimum Gasteiger partial charge on any atom is -0.444 e. The summed E-state index contributed by atoms with van der Waals surface area (Å²) < 4.78 is 38.5. The molecule has 1 fully saturated rings. The van der Waals surface area contributed by atoms with Gasteiger partial charge in [0, 0.05) is 10.0 Å². The van der Waals surface area contributed by atoms with Crippen LogP contribution in [0.3, 0.4) is 0 Å². The summed E-state index contributed by atoms with van der Waals surface area (Å²) in [5, 5.41) is 0. The third-order valence-corrected chi connectivity index (χ3v) is 5.58. The molecule has 132 valence electrons. The van der Waals surface area contributed by atoms with Crippen molar-refractivity contribution in [1.29, 1.82) is 0 Å². The van der Waals surface area contributed by atoms with Crippen LogP contribution in [0.15, 0.2) is 53.0 Å². The predicted molar refractivity (Wildman–Crippen MR) is 94.0 cm³/mol. The second-order valence-corrected chi connectivity index (χ2v) is 7.66. The molecule has 2 aromatic rings. The zero-order valence-corrected chi connectivity index (χ0v) is 15.7. The number of hydrogen-bond donors (Lipinski definition) is 0. The van der Waals surface area contributed by atoms with E-state index in [-0.39, 0.29) is 18.8 Å². The van der Waals surface area contributed by atoms with E-state index < -0.39 is 28.7 Å². The highest BCUT2D eigenvalue weighted by atomic mass is 79.9. The van der Waals surface area contributed by atoms with Crippen LogP contribution in [-0.4, -0.2) is 21.2 Å². The molecule has 8 heteroatoms. The van der Waals surface area contributed by atoms with Crippen molar-refractivity contribution in [3.8, 4) is 0 Å². The van der Waals surface area contributed by atoms with Crippen molar-refractivity contribution >= 4 is 33.3 Å². The Morgan fingerprint density at radius 1 is 1.36 bits per heavy atom. The summed E-state index contributed by atoms with van der Waals surface area (Å²) in [5.41, 5.74) is -0.256. The first kappa shape index (κ1) is 18.0. The first-order chi connectivity index (χ1) is 11.9. The Morgan fingerprint density at radius 3 is 2.80 bits per heavy atom. The van der Waals surface area contributed by atoms with Gasteiger partial charge in [-0.25, -0.2) is 13.4 Å². The van der Waals surface area contributed by atoms with Gasteiger partial charge in [0.05, 0.1) is 6.61 Å². The van der Waals surface area contributed by atoms with Gasteiger partial charge in [-0.2, -0.15) is 4.31 Å². The number of amides is 1. The topological polar surface area (TPSA) is 55.8 Å². The molecule has 0 N–H and O–H groups in total. The van der Waals surface area contributed by atoms with Crippen molar-refractivity contribution in [3.63, 3.8) is 0 Å². The van der Waals surface area contributed by atoms with Gasteiger partial charge in [-0.15, -0.1) is 0 Å². The van der Waals surface area contributed by atoms with E-state index in [1.807, 2.05) is 18.2 Å². The third kappa shape index (κ3) is 3.61. The van der Waals surface area contributed by atoms with E-state index in [1.165, 1.54) is 6.07 Å². The Kier molecular flexibility index (Phi) is 5.21. The van der Waals surface area contributed by atoms with Crippen LogP contribution in [0.4, 0.5) is 9.18 Å². The standard InChI is InChI=1S/C17H15BrFNO4S/c1-17(14-9-13(18)7-8-15(14)19)11-24-25(22)20(17)16(21)23-10-12-5-3-2-4-6-12/h2-9H,10-11H2,1H3/t17?,25-/m1/s1. The molecule has 1 saturated heterocycles. The third-order valence-electron chi connectivity index (χ3n) is 3.92. The van der Waals surface area contributed by atoms with E-state index in [9.17, 15) is 13.4 Å². The monoisotopic (exact) mass is 427 g/mol. The Bertz CT molecular complexity index is 820. The van der Waals surface area contributed by atoms with Crippen LogP contribution in [-0.2, 0) is 32.3 Å². The van der Waals surface area contributed by atoms with Crippen molar-refractivity contribution in [2.75, 3.05) is 6.61 Å². The molecule has 1 unspecified atom stereocenters. The zero-order chi connectivity index (χ0) is 18.0. The Hall–Kier alpha value is -1.77. The van der Waals surface area contributed by atoms with Gasteiger partial charge in [0.1, 0.15) is 18.0 Å². The summed E-state index contributed by atoms with van der Waals surface area (Å²) in [6.07, 6.45) is -0.832. The van der Waals surface area contributed by atoms with Crippen LogP contribution in [0.1, 0.15) is 18.1 Å². The van der Waals surface area contributed by atoms with E-state index >= 15 is 0 Å². The van der Waals surface area contributed by atoms with Gasteiger partial charge in [0.2, 0.25) is 0 Å². The van der Waals surface area contributed by atoms with Gasteiger partial charge in [0.25, 0.3) is 11.3 Å². The highest BCUT2D eigenvalue weighted by Crippen LogP contribution is 2.38. The van der Waals surface area contributed by atoms with Crippen LogP contribution in [0, 0.1) is 5.82 Å². The number of halogens is 2. The Morgan fingerprint density at radius 2 is 2.08 bits per heavy atom. The van der Waals surface area contributed by atoms with Gasteiger partial charge < -0.3 is 4.74 Å². The molecule has 0 saturated carbocycles. The molecule has 1 aliphatic rings. The molecule has 0 bridgehead atoms. The van der Waals surface area contributed by atoms with Gasteiger partial charge in [0.15, 0.2) is 0 Å². The molecular formula is C17H15BrFNO4S. The van der Waals surface area contributed by atoms with E-state index in [0.29, 0.717) is 4.47 Å². The van der Waals surface area contributed by atoms with Gasteiger partial charge in [-0.3, -0.25) is 4.18 Å². The minimum atomic E-state index is -2.06. The number of carbonyl (C=O) groups is 1. The molecule has 0 radical (unpaired) electrons. The molecule has 25 heavy (non-hydrogen) atoms. The maximum atomic E-state index is 14.3. The first-order valence-electron chi connectivity index (χ1n) is 7.43. The Labute approximate surface area is 155 Å². The molecule has 0 aliphatic carbocycles. The summed E-state index contributed by atoms with van der Waals surface area (Å²) in [7, 11) is 0. The minimum absolute atomic E-state index is 0.0183. The number of rotatable bonds is 3. The van der Waals surface area contributed by atoms with Crippen LogP contribution >= 0.6 is 15.9 Å². The number of benzene rings is 2. The summed E-state index contributed by atoms with van der Waals surface area (Å²) in [5.74, 6) is -0.519. The van der Waals surface area contributed by atoms with Crippen molar-refractivity contribution < 1.29 is 22.3 Å². The van der Waals surface area contributed by atoms with E-state index in [1.54, 1.807) is 31.2 Å². The van der Waals surface area contributed by atoms with Crippen LogP contribution in [0.5, 0.6) is 0 Å². The number of nitrogens with zero attached hydrogens (tertiary/aromatic N) is 1. The van der Waals surface area contributed by atoms with Crippen molar-refractivity contribution in [2.24, 2.45) is 0 Å². The molecule has 2 atom stereocenters. The molecule has 1 aliphatic heterocycles. The Balaban J connectivity index is 1.86. The smallest absolute Gasteiger partial charge is 0.424 e. The molecule has 1 amide bonds. The summed E-state index contributed by atoms with van der Waals surface area (Å²) in [4.78, 5) is 12.5. The lowest BCUT2D eigenvalue weighted by Crippen LogP contribution is -2.45. The lowest BCUT2D eigenvalue weighted by molar-refractivity contribution is 0.0945. The lowest BCUT2D eigenvalue weighted by Gasteiger charge is -2.30. The first-order valence-corrected chi connectivity index (χ1v) is 9.26. The fourth-order valence-electron chi connectivity index (χ4n) is 2.58. The van der Waals surface area contributed by atoms with Crippen LogP contribution < -0.4 is 0 Å². The quantitative estimate of drug-likeness (QED) is 0.741. The van der Waals surface area contributed by atoms with Crippen molar-refractivity contribution in [1.82, 2.24) is 4.31 Å². The van der Waals surface area contributed by atoms with Crippen molar-refractivity contribution in [2.45, 2.75) is 19.1 Å². The molecular weight excluding hydrogens is 413 g/mol. The summed E-state index contributed by atoms with van der Waals surface area (Å²) >= 11 is 1.23.